The number of amides is 2. The molecule has 2 aliphatic rings. The molecule has 10 atom stereocenters. The second-order valence-corrected chi connectivity index (χ2v) is 6.99. The SMILES string of the molecule is CC(=O)N[C@@H]1[C@H](OC[C@H]2O[C@H](O)[C@@H](NC(C)=O)[C@@H](O)[C@H]2O)O[C@H](CO)[C@@H](F)[C@@H]1O. The largest absolute Gasteiger partial charge is 0.394 e. The van der Waals surface area contributed by atoms with Gasteiger partial charge in [-0.15, -0.1) is 0 Å². The van der Waals surface area contributed by atoms with E-state index >= 15 is 0 Å². The quantitative estimate of drug-likeness (QED) is 0.220. The minimum absolute atomic E-state index is 0.495. The van der Waals surface area contributed by atoms with Gasteiger partial charge in [-0.05, 0) is 0 Å². The third-order valence-corrected chi connectivity index (χ3v) is 4.72. The molecular weight excluding hydrogens is 399 g/mol. The van der Waals surface area contributed by atoms with Crippen molar-refractivity contribution in [2.75, 3.05) is 13.2 Å². The first-order chi connectivity index (χ1) is 13.6. The summed E-state index contributed by atoms with van der Waals surface area (Å²) in [7, 11) is 0. The number of ether oxygens (including phenoxy) is 3. The second kappa shape index (κ2) is 10.0. The number of nitrogens with one attached hydrogen (secondary N) is 2. The van der Waals surface area contributed by atoms with Crippen LogP contribution in [0.25, 0.3) is 0 Å². The molecule has 12 nitrogen and oxygen atoms in total. The predicted molar refractivity (Wildman–Crippen MR) is 90.7 cm³/mol. The summed E-state index contributed by atoms with van der Waals surface area (Å²) in [6.45, 7) is 1.04. The summed E-state index contributed by atoms with van der Waals surface area (Å²) >= 11 is 0. The van der Waals surface area contributed by atoms with Crippen LogP contribution in [0.5, 0.6) is 0 Å². The second-order valence-electron chi connectivity index (χ2n) is 6.99. The number of hydrogen-bond donors (Lipinski definition) is 7. The van der Waals surface area contributed by atoms with Gasteiger partial charge in [0.1, 0.15) is 42.6 Å². The molecule has 2 fully saturated rings. The van der Waals surface area contributed by atoms with Crippen LogP contribution < -0.4 is 10.6 Å². The first-order valence-electron chi connectivity index (χ1n) is 9.00. The summed E-state index contributed by atoms with van der Waals surface area (Å²) in [6.07, 6.45) is -12.7. The van der Waals surface area contributed by atoms with Crippen LogP contribution in [0.2, 0.25) is 0 Å². The fraction of sp³-hybridized carbons (Fsp3) is 0.875. The molecule has 0 spiro atoms. The van der Waals surface area contributed by atoms with Crippen molar-refractivity contribution >= 4 is 11.8 Å². The highest BCUT2D eigenvalue weighted by Crippen LogP contribution is 2.26. The Bertz CT molecular complexity index is 584. The number of carbonyl (C=O) groups excluding carboxylic acids is 2. The molecule has 7 N–H and O–H groups in total. The van der Waals surface area contributed by atoms with E-state index in [0.29, 0.717) is 0 Å². The van der Waals surface area contributed by atoms with Crippen LogP contribution in [0.15, 0.2) is 0 Å². The molecule has 2 amide bonds. The number of halogens is 1. The first kappa shape index (κ1) is 23.8. The summed E-state index contributed by atoms with van der Waals surface area (Å²) < 4.78 is 29.9. The lowest BCUT2D eigenvalue weighted by Gasteiger charge is -2.43. The molecule has 29 heavy (non-hydrogen) atoms. The molecule has 2 aliphatic heterocycles. The minimum Gasteiger partial charge on any atom is -0.394 e. The molecule has 13 heteroatoms. The fourth-order valence-corrected chi connectivity index (χ4v) is 3.25. The Morgan fingerprint density at radius 3 is 2.07 bits per heavy atom. The topological polar surface area (TPSA) is 187 Å². The van der Waals surface area contributed by atoms with Crippen LogP contribution in [-0.4, -0.2) is 112 Å². The van der Waals surface area contributed by atoms with Gasteiger partial charge in [-0.25, -0.2) is 4.39 Å². The summed E-state index contributed by atoms with van der Waals surface area (Å²) in [5, 5.41) is 54.1. The number of aliphatic hydroxyl groups is 5. The van der Waals surface area contributed by atoms with Gasteiger partial charge in [-0.3, -0.25) is 9.59 Å². The number of rotatable bonds is 6. The van der Waals surface area contributed by atoms with E-state index < -0.39 is 86.4 Å². The highest BCUT2D eigenvalue weighted by Gasteiger charge is 2.48. The monoisotopic (exact) mass is 426 g/mol. The lowest BCUT2D eigenvalue weighted by molar-refractivity contribution is -0.292. The van der Waals surface area contributed by atoms with E-state index in [-0.39, 0.29) is 0 Å². The van der Waals surface area contributed by atoms with Gasteiger partial charge in [-0.1, -0.05) is 0 Å². The average Bonchev–Trinajstić information content (AvgIpc) is 2.65. The number of hydrogen-bond acceptors (Lipinski definition) is 10. The third kappa shape index (κ3) is 5.58. The Labute approximate surface area is 165 Å². The van der Waals surface area contributed by atoms with Gasteiger partial charge >= 0.3 is 0 Å². The molecule has 0 unspecified atom stereocenters. The number of aliphatic hydroxyl groups excluding tert-OH is 5. The van der Waals surface area contributed by atoms with E-state index in [9.17, 15) is 39.5 Å². The van der Waals surface area contributed by atoms with Crippen LogP contribution in [0.4, 0.5) is 4.39 Å². The van der Waals surface area contributed by atoms with Crippen molar-refractivity contribution in [1.82, 2.24) is 10.6 Å². The molecule has 0 saturated carbocycles. The van der Waals surface area contributed by atoms with Gasteiger partial charge in [0.15, 0.2) is 18.8 Å². The highest BCUT2D eigenvalue weighted by molar-refractivity contribution is 5.73. The maximum Gasteiger partial charge on any atom is 0.217 e. The lowest BCUT2D eigenvalue weighted by Crippen LogP contribution is -2.65. The van der Waals surface area contributed by atoms with Crippen LogP contribution in [0.1, 0.15) is 13.8 Å². The van der Waals surface area contributed by atoms with E-state index in [1.54, 1.807) is 0 Å². The molecule has 0 bridgehead atoms. The molecule has 2 heterocycles. The molecule has 0 aromatic carbocycles. The molecule has 2 rings (SSSR count). The standard InChI is InChI=1S/C16H27FN2O10/c1-5(21)18-10-14(25)12(23)8(28-15(10)26)4-27-16-11(19-6(2)22)13(24)9(17)7(3-20)29-16/h7-16,20,23-26H,3-4H2,1-2H3,(H,18,21)(H,19,22)/t7-,8-,9-,10+,11+,12+,13+,14-,15+,16-/m1/s1. The normalized spacial score (nSPS) is 42.9. The molecule has 168 valence electrons. The van der Waals surface area contributed by atoms with Gasteiger partial charge in [0.05, 0.1) is 13.2 Å². The van der Waals surface area contributed by atoms with Gasteiger partial charge in [0, 0.05) is 13.8 Å². The van der Waals surface area contributed by atoms with Gasteiger partial charge in [0.25, 0.3) is 0 Å². The number of carbonyl (C=O) groups is 2. The van der Waals surface area contributed by atoms with E-state index in [0.717, 1.165) is 13.8 Å². The maximum absolute atomic E-state index is 14.1. The smallest absolute Gasteiger partial charge is 0.217 e. The summed E-state index contributed by atoms with van der Waals surface area (Å²) in [6, 6.07) is -2.60. The average molecular weight is 426 g/mol. The van der Waals surface area contributed by atoms with E-state index in [1.165, 1.54) is 0 Å². The van der Waals surface area contributed by atoms with Crippen molar-refractivity contribution in [3.05, 3.63) is 0 Å². The van der Waals surface area contributed by atoms with Crippen molar-refractivity contribution in [1.29, 1.82) is 0 Å². The van der Waals surface area contributed by atoms with Crippen molar-refractivity contribution < 1.29 is 53.7 Å². The minimum atomic E-state index is -1.99. The van der Waals surface area contributed by atoms with Gasteiger partial charge < -0.3 is 50.4 Å². The van der Waals surface area contributed by atoms with Crippen molar-refractivity contribution in [3.63, 3.8) is 0 Å². The summed E-state index contributed by atoms with van der Waals surface area (Å²) in [5.41, 5.74) is 0. The Kier molecular flexibility index (Phi) is 8.25. The molecule has 0 aromatic heterocycles. The van der Waals surface area contributed by atoms with Crippen LogP contribution in [-0.2, 0) is 23.8 Å². The molecule has 0 aliphatic carbocycles. The van der Waals surface area contributed by atoms with Crippen molar-refractivity contribution in [2.45, 2.75) is 75.2 Å². The Morgan fingerprint density at radius 1 is 0.931 bits per heavy atom. The van der Waals surface area contributed by atoms with E-state index in [1.807, 2.05) is 0 Å². The van der Waals surface area contributed by atoms with Crippen LogP contribution >= 0.6 is 0 Å². The third-order valence-electron chi connectivity index (χ3n) is 4.72. The van der Waals surface area contributed by atoms with Crippen molar-refractivity contribution in [2.24, 2.45) is 0 Å². The zero-order valence-electron chi connectivity index (χ0n) is 15.8. The number of alkyl halides is 1. The molecule has 2 saturated heterocycles. The molecule has 0 radical (unpaired) electrons. The van der Waals surface area contributed by atoms with Crippen LogP contribution in [0, 0.1) is 0 Å². The lowest BCUT2D eigenvalue weighted by atomic mass is 9.96. The van der Waals surface area contributed by atoms with Gasteiger partial charge in [0.2, 0.25) is 11.8 Å². The maximum atomic E-state index is 14.1. The Morgan fingerprint density at radius 2 is 1.52 bits per heavy atom. The van der Waals surface area contributed by atoms with E-state index in [2.05, 4.69) is 10.6 Å². The summed E-state index contributed by atoms with van der Waals surface area (Å²) in [5.74, 6) is -1.16. The van der Waals surface area contributed by atoms with E-state index in [4.69, 9.17) is 14.2 Å². The predicted octanol–water partition coefficient (Wildman–Crippen LogP) is -4.13. The molecule has 0 aromatic rings. The zero-order valence-corrected chi connectivity index (χ0v) is 15.8. The van der Waals surface area contributed by atoms with Crippen molar-refractivity contribution in [3.8, 4) is 0 Å². The summed E-state index contributed by atoms with van der Waals surface area (Å²) in [4.78, 5) is 22.5. The van der Waals surface area contributed by atoms with Crippen LogP contribution in [0.3, 0.4) is 0 Å². The molecular formula is C16H27FN2O10. The fourth-order valence-electron chi connectivity index (χ4n) is 3.25. The Balaban J connectivity index is 2.05. The highest BCUT2D eigenvalue weighted by atomic mass is 19.1. The Hall–Kier alpha value is -1.45. The van der Waals surface area contributed by atoms with Gasteiger partial charge in [-0.2, -0.15) is 0 Å². The first-order valence-corrected chi connectivity index (χ1v) is 9.00. The zero-order chi connectivity index (χ0) is 21.9.